The smallest absolute Gasteiger partial charge is 0.128 e. The normalized spacial score (nSPS) is 18.2. The van der Waals surface area contributed by atoms with E-state index in [1.165, 1.54) is 5.56 Å². The highest BCUT2D eigenvalue weighted by Gasteiger charge is 2.23. The maximum absolute atomic E-state index is 5.72. The fraction of sp³-hybridized carbons (Fsp3) is 0.500. The molecule has 82 valence electrons. The zero-order chi connectivity index (χ0) is 10.8. The lowest BCUT2D eigenvalue weighted by Crippen LogP contribution is -2.06. The standard InChI is InChI=1S/C12H17NO2/c1-4-13-11-6-9(14-3)7-12-10(11)5-8(2)15-12/h6-8,13H,4-5H2,1-3H3. The summed E-state index contributed by atoms with van der Waals surface area (Å²) in [4.78, 5) is 0. The van der Waals surface area contributed by atoms with E-state index in [-0.39, 0.29) is 6.10 Å². The minimum atomic E-state index is 0.268. The van der Waals surface area contributed by atoms with Crippen LogP contribution in [0.1, 0.15) is 19.4 Å². The van der Waals surface area contributed by atoms with Crippen molar-refractivity contribution in [2.24, 2.45) is 0 Å². The number of hydrogen-bond donors (Lipinski definition) is 1. The second kappa shape index (κ2) is 4.01. The summed E-state index contributed by atoms with van der Waals surface area (Å²) >= 11 is 0. The molecule has 3 nitrogen and oxygen atoms in total. The molecule has 1 aliphatic rings. The van der Waals surface area contributed by atoms with Crippen LogP contribution >= 0.6 is 0 Å². The third-order valence-corrected chi connectivity index (χ3v) is 2.61. The highest BCUT2D eigenvalue weighted by atomic mass is 16.5. The number of rotatable bonds is 3. The summed E-state index contributed by atoms with van der Waals surface area (Å²) in [7, 11) is 1.68. The quantitative estimate of drug-likeness (QED) is 0.825. The number of benzene rings is 1. The number of hydrogen-bond acceptors (Lipinski definition) is 3. The molecule has 15 heavy (non-hydrogen) atoms. The van der Waals surface area contributed by atoms with Crippen LogP contribution in [0.3, 0.4) is 0 Å². The van der Waals surface area contributed by atoms with Gasteiger partial charge in [0.25, 0.3) is 0 Å². The molecule has 1 aromatic carbocycles. The number of anilines is 1. The van der Waals surface area contributed by atoms with Gasteiger partial charge in [0.15, 0.2) is 0 Å². The van der Waals surface area contributed by atoms with Crippen LogP contribution in [0.25, 0.3) is 0 Å². The summed E-state index contributed by atoms with van der Waals surface area (Å²) in [6, 6.07) is 3.99. The van der Waals surface area contributed by atoms with Crippen molar-refractivity contribution in [2.45, 2.75) is 26.4 Å². The van der Waals surface area contributed by atoms with Crippen molar-refractivity contribution in [3.63, 3.8) is 0 Å². The van der Waals surface area contributed by atoms with Gasteiger partial charge in [-0.2, -0.15) is 0 Å². The zero-order valence-electron chi connectivity index (χ0n) is 9.46. The fourth-order valence-electron chi connectivity index (χ4n) is 1.95. The molecule has 1 atom stereocenters. The molecule has 0 aliphatic carbocycles. The van der Waals surface area contributed by atoms with Crippen molar-refractivity contribution < 1.29 is 9.47 Å². The van der Waals surface area contributed by atoms with Crippen LogP contribution in [-0.2, 0) is 6.42 Å². The van der Waals surface area contributed by atoms with Gasteiger partial charge >= 0.3 is 0 Å². The van der Waals surface area contributed by atoms with Crippen molar-refractivity contribution in [2.75, 3.05) is 19.0 Å². The zero-order valence-corrected chi connectivity index (χ0v) is 9.46. The summed E-state index contributed by atoms with van der Waals surface area (Å²) in [5.74, 6) is 1.80. The minimum Gasteiger partial charge on any atom is -0.497 e. The van der Waals surface area contributed by atoms with Crippen LogP contribution in [0.2, 0.25) is 0 Å². The van der Waals surface area contributed by atoms with Gasteiger partial charge in [0, 0.05) is 36.3 Å². The Labute approximate surface area is 90.4 Å². The molecule has 0 aromatic heterocycles. The predicted molar refractivity (Wildman–Crippen MR) is 61.0 cm³/mol. The summed E-state index contributed by atoms with van der Waals surface area (Å²) in [6.45, 7) is 5.08. The van der Waals surface area contributed by atoms with Gasteiger partial charge in [0.2, 0.25) is 0 Å². The molecule has 3 heteroatoms. The van der Waals surface area contributed by atoms with Crippen LogP contribution in [-0.4, -0.2) is 19.8 Å². The van der Waals surface area contributed by atoms with Crippen molar-refractivity contribution in [1.82, 2.24) is 0 Å². The molecule has 1 aliphatic heterocycles. The summed E-state index contributed by atoms with van der Waals surface area (Å²) in [5, 5.41) is 3.34. The molecular weight excluding hydrogens is 190 g/mol. The lowest BCUT2D eigenvalue weighted by molar-refractivity contribution is 0.253. The van der Waals surface area contributed by atoms with Gasteiger partial charge < -0.3 is 14.8 Å². The predicted octanol–water partition coefficient (Wildman–Crippen LogP) is 2.45. The summed E-state index contributed by atoms with van der Waals surface area (Å²) < 4.78 is 11.0. The average molecular weight is 207 g/mol. The molecule has 1 heterocycles. The van der Waals surface area contributed by atoms with Crippen LogP contribution in [0, 0.1) is 0 Å². The van der Waals surface area contributed by atoms with E-state index in [1.54, 1.807) is 7.11 Å². The number of ether oxygens (including phenoxy) is 2. The van der Waals surface area contributed by atoms with E-state index >= 15 is 0 Å². The monoisotopic (exact) mass is 207 g/mol. The second-order valence-electron chi connectivity index (χ2n) is 3.81. The maximum atomic E-state index is 5.72. The lowest BCUT2D eigenvalue weighted by atomic mass is 10.1. The molecule has 1 N–H and O–H groups in total. The number of fused-ring (bicyclic) bond motifs is 1. The Hall–Kier alpha value is -1.38. The Morgan fingerprint density at radius 2 is 2.33 bits per heavy atom. The molecule has 2 rings (SSSR count). The first kappa shape index (κ1) is 10.1. The van der Waals surface area contributed by atoms with Gasteiger partial charge in [-0.1, -0.05) is 0 Å². The van der Waals surface area contributed by atoms with Gasteiger partial charge in [-0.15, -0.1) is 0 Å². The number of nitrogens with one attached hydrogen (secondary N) is 1. The van der Waals surface area contributed by atoms with E-state index in [2.05, 4.69) is 19.2 Å². The van der Waals surface area contributed by atoms with Crippen LogP contribution in [0.5, 0.6) is 11.5 Å². The Balaban J connectivity index is 2.40. The Kier molecular flexibility index (Phi) is 2.71. The summed E-state index contributed by atoms with van der Waals surface area (Å²) in [5.41, 5.74) is 2.40. The fourth-order valence-corrected chi connectivity index (χ4v) is 1.95. The number of methoxy groups -OCH3 is 1. The van der Waals surface area contributed by atoms with Gasteiger partial charge in [-0.05, 0) is 13.8 Å². The molecule has 1 aromatic rings. The Morgan fingerprint density at radius 3 is 3.00 bits per heavy atom. The third-order valence-electron chi connectivity index (χ3n) is 2.61. The van der Waals surface area contributed by atoms with Crippen LogP contribution in [0.4, 0.5) is 5.69 Å². The van der Waals surface area contributed by atoms with Crippen molar-refractivity contribution in [3.8, 4) is 11.5 Å². The van der Waals surface area contributed by atoms with Crippen LogP contribution in [0.15, 0.2) is 12.1 Å². The van der Waals surface area contributed by atoms with Gasteiger partial charge in [0.1, 0.15) is 17.6 Å². The SMILES string of the molecule is CCNc1cc(OC)cc2c1CC(C)O2. The largest absolute Gasteiger partial charge is 0.497 e. The lowest BCUT2D eigenvalue weighted by Gasteiger charge is -2.10. The van der Waals surface area contributed by atoms with E-state index in [1.807, 2.05) is 12.1 Å². The van der Waals surface area contributed by atoms with Crippen molar-refractivity contribution >= 4 is 5.69 Å². The van der Waals surface area contributed by atoms with Crippen molar-refractivity contribution in [3.05, 3.63) is 17.7 Å². The first-order valence-corrected chi connectivity index (χ1v) is 5.36. The first-order valence-electron chi connectivity index (χ1n) is 5.36. The van der Waals surface area contributed by atoms with E-state index in [9.17, 15) is 0 Å². The van der Waals surface area contributed by atoms with Gasteiger partial charge in [0.05, 0.1) is 7.11 Å². The molecule has 0 radical (unpaired) electrons. The first-order chi connectivity index (χ1) is 7.24. The highest BCUT2D eigenvalue weighted by molar-refractivity contribution is 5.63. The minimum absolute atomic E-state index is 0.268. The van der Waals surface area contributed by atoms with Gasteiger partial charge in [-0.3, -0.25) is 0 Å². The molecule has 0 spiro atoms. The topological polar surface area (TPSA) is 30.5 Å². The van der Waals surface area contributed by atoms with E-state index in [4.69, 9.17) is 9.47 Å². The van der Waals surface area contributed by atoms with Crippen LogP contribution < -0.4 is 14.8 Å². The van der Waals surface area contributed by atoms with E-state index < -0.39 is 0 Å². The van der Waals surface area contributed by atoms with E-state index in [0.29, 0.717) is 0 Å². The molecule has 0 saturated heterocycles. The average Bonchev–Trinajstić information content (AvgIpc) is 2.58. The van der Waals surface area contributed by atoms with Crippen molar-refractivity contribution in [1.29, 1.82) is 0 Å². The molecule has 0 saturated carbocycles. The molecule has 0 amide bonds. The molecule has 1 unspecified atom stereocenters. The molecule has 0 bridgehead atoms. The molecule has 0 fully saturated rings. The second-order valence-corrected chi connectivity index (χ2v) is 3.81. The third kappa shape index (κ3) is 1.87. The summed E-state index contributed by atoms with van der Waals surface area (Å²) in [6.07, 6.45) is 1.24. The Morgan fingerprint density at radius 1 is 1.53 bits per heavy atom. The molecular formula is C12H17NO2. The van der Waals surface area contributed by atoms with Gasteiger partial charge in [-0.25, -0.2) is 0 Å². The Bertz CT molecular complexity index is 363. The highest BCUT2D eigenvalue weighted by Crippen LogP contribution is 2.38. The maximum Gasteiger partial charge on any atom is 0.128 e. The van der Waals surface area contributed by atoms with E-state index in [0.717, 1.165) is 30.2 Å².